The molecule has 0 aliphatic rings. The van der Waals surface area contributed by atoms with E-state index in [1.54, 1.807) is 18.7 Å². The Morgan fingerprint density at radius 1 is 1.54 bits per heavy atom. The fourth-order valence-corrected chi connectivity index (χ4v) is 1.29. The van der Waals surface area contributed by atoms with Gasteiger partial charge in [-0.3, -0.25) is 4.79 Å². The third-order valence-corrected chi connectivity index (χ3v) is 1.86. The van der Waals surface area contributed by atoms with Gasteiger partial charge >= 0.3 is 0 Å². The van der Waals surface area contributed by atoms with Crippen LogP contribution in [0.4, 0.5) is 0 Å². The van der Waals surface area contributed by atoms with E-state index >= 15 is 0 Å². The van der Waals surface area contributed by atoms with Gasteiger partial charge in [-0.25, -0.2) is 0 Å². The molecule has 0 aliphatic carbocycles. The van der Waals surface area contributed by atoms with Crippen LogP contribution in [0.15, 0.2) is 0 Å². The van der Waals surface area contributed by atoms with Crippen molar-refractivity contribution in [1.29, 1.82) is 0 Å². The summed E-state index contributed by atoms with van der Waals surface area (Å²) in [7, 11) is 0. The standard InChI is InChI=1S/C9H19NO2S/c1-4-10(7-9(2,3)12)8(11)5-6-13/h12-13H,4-7H2,1-3H3. The van der Waals surface area contributed by atoms with E-state index in [0.29, 0.717) is 25.3 Å². The van der Waals surface area contributed by atoms with Crippen molar-refractivity contribution in [1.82, 2.24) is 4.90 Å². The first-order valence-electron chi connectivity index (χ1n) is 4.51. The average molecular weight is 205 g/mol. The minimum Gasteiger partial charge on any atom is -0.389 e. The lowest BCUT2D eigenvalue weighted by molar-refractivity contribution is -0.133. The minimum absolute atomic E-state index is 0.0552. The molecule has 0 atom stereocenters. The number of nitrogens with zero attached hydrogens (tertiary/aromatic N) is 1. The van der Waals surface area contributed by atoms with Gasteiger partial charge < -0.3 is 10.0 Å². The molecule has 0 heterocycles. The third-order valence-electron chi connectivity index (χ3n) is 1.64. The predicted molar refractivity (Wildman–Crippen MR) is 57.0 cm³/mol. The Bertz CT molecular complexity index is 165. The first-order valence-corrected chi connectivity index (χ1v) is 5.15. The van der Waals surface area contributed by atoms with E-state index in [1.165, 1.54) is 0 Å². The molecular weight excluding hydrogens is 186 g/mol. The second kappa shape index (κ2) is 5.50. The summed E-state index contributed by atoms with van der Waals surface area (Å²) in [5, 5.41) is 9.52. The number of carbonyl (C=O) groups excluding carboxylic acids is 1. The Labute approximate surface area is 85.5 Å². The van der Waals surface area contributed by atoms with Gasteiger partial charge in [-0.15, -0.1) is 0 Å². The summed E-state index contributed by atoms with van der Waals surface area (Å²) in [6.07, 6.45) is 0.438. The van der Waals surface area contributed by atoms with Crippen LogP contribution in [0.1, 0.15) is 27.2 Å². The molecule has 4 heteroatoms. The lowest BCUT2D eigenvalue weighted by Gasteiger charge is -2.28. The van der Waals surface area contributed by atoms with Crippen molar-refractivity contribution in [2.75, 3.05) is 18.8 Å². The van der Waals surface area contributed by atoms with Gasteiger partial charge in [0.2, 0.25) is 5.91 Å². The summed E-state index contributed by atoms with van der Waals surface area (Å²) in [6.45, 7) is 6.32. The molecule has 0 aliphatic heterocycles. The summed E-state index contributed by atoms with van der Waals surface area (Å²) in [5.41, 5.74) is -0.817. The van der Waals surface area contributed by atoms with E-state index in [9.17, 15) is 9.90 Å². The highest BCUT2D eigenvalue weighted by Gasteiger charge is 2.20. The highest BCUT2D eigenvalue weighted by atomic mass is 32.1. The summed E-state index contributed by atoms with van der Waals surface area (Å²) in [4.78, 5) is 13.1. The van der Waals surface area contributed by atoms with Gasteiger partial charge in [0, 0.05) is 19.5 Å². The Morgan fingerprint density at radius 2 is 2.08 bits per heavy atom. The van der Waals surface area contributed by atoms with Crippen LogP contribution in [0.3, 0.4) is 0 Å². The van der Waals surface area contributed by atoms with Crippen LogP contribution in [0.25, 0.3) is 0 Å². The van der Waals surface area contributed by atoms with E-state index in [4.69, 9.17) is 0 Å². The second-order valence-electron chi connectivity index (χ2n) is 3.69. The predicted octanol–water partition coefficient (Wildman–Crippen LogP) is 0.926. The topological polar surface area (TPSA) is 40.5 Å². The summed E-state index contributed by atoms with van der Waals surface area (Å²) >= 11 is 3.99. The lowest BCUT2D eigenvalue weighted by atomic mass is 10.1. The fraction of sp³-hybridized carbons (Fsp3) is 0.889. The zero-order chi connectivity index (χ0) is 10.5. The molecule has 0 fully saturated rings. The maximum Gasteiger partial charge on any atom is 0.223 e. The van der Waals surface area contributed by atoms with Crippen molar-refractivity contribution in [3.8, 4) is 0 Å². The average Bonchev–Trinajstić information content (AvgIpc) is 1.99. The number of hydrogen-bond donors (Lipinski definition) is 2. The van der Waals surface area contributed by atoms with Crippen LogP contribution >= 0.6 is 12.6 Å². The van der Waals surface area contributed by atoms with Crippen LogP contribution in [0.5, 0.6) is 0 Å². The van der Waals surface area contributed by atoms with Gasteiger partial charge in [0.25, 0.3) is 0 Å². The maximum absolute atomic E-state index is 11.4. The molecule has 0 unspecified atom stereocenters. The molecule has 0 saturated carbocycles. The van der Waals surface area contributed by atoms with E-state index in [0.717, 1.165) is 0 Å². The van der Waals surface area contributed by atoms with E-state index in [2.05, 4.69) is 12.6 Å². The number of likely N-dealkylation sites (N-methyl/N-ethyl adjacent to an activating group) is 1. The van der Waals surface area contributed by atoms with E-state index in [1.807, 2.05) is 6.92 Å². The summed E-state index contributed by atoms with van der Waals surface area (Å²) in [6, 6.07) is 0. The normalized spacial score (nSPS) is 11.5. The molecule has 0 aromatic rings. The first-order chi connectivity index (χ1) is 5.90. The zero-order valence-corrected chi connectivity index (χ0v) is 9.47. The van der Waals surface area contributed by atoms with Gasteiger partial charge in [-0.1, -0.05) is 0 Å². The SMILES string of the molecule is CCN(CC(C)(C)O)C(=O)CCS. The Hall–Kier alpha value is -0.220. The van der Waals surface area contributed by atoms with Gasteiger partial charge in [-0.05, 0) is 26.5 Å². The number of amides is 1. The number of thiol groups is 1. The van der Waals surface area contributed by atoms with Crippen molar-refractivity contribution in [2.45, 2.75) is 32.8 Å². The third kappa shape index (κ3) is 5.93. The molecule has 78 valence electrons. The van der Waals surface area contributed by atoms with E-state index < -0.39 is 5.60 Å². The number of carbonyl (C=O) groups is 1. The van der Waals surface area contributed by atoms with Crippen molar-refractivity contribution in [2.24, 2.45) is 0 Å². The molecule has 0 spiro atoms. The summed E-state index contributed by atoms with van der Waals surface area (Å²) < 4.78 is 0. The maximum atomic E-state index is 11.4. The van der Waals surface area contributed by atoms with Crippen molar-refractivity contribution in [3.05, 3.63) is 0 Å². The Morgan fingerprint density at radius 3 is 2.38 bits per heavy atom. The van der Waals surface area contributed by atoms with Gasteiger partial charge in [0.15, 0.2) is 0 Å². The Balaban J connectivity index is 4.10. The zero-order valence-electron chi connectivity index (χ0n) is 8.58. The smallest absolute Gasteiger partial charge is 0.223 e. The van der Waals surface area contributed by atoms with Gasteiger partial charge in [0.1, 0.15) is 0 Å². The van der Waals surface area contributed by atoms with Crippen LogP contribution in [-0.2, 0) is 4.79 Å². The number of aliphatic hydroxyl groups is 1. The largest absolute Gasteiger partial charge is 0.389 e. The molecule has 0 bridgehead atoms. The quantitative estimate of drug-likeness (QED) is 0.655. The number of rotatable bonds is 5. The van der Waals surface area contributed by atoms with Crippen molar-refractivity contribution < 1.29 is 9.90 Å². The molecule has 0 radical (unpaired) electrons. The van der Waals surface area contributed by atoms with Gasteiger partial charge in [-0.2, -0.15) is 12.6 Å². The monoisotopic (exact) mass is 205 g/mol. The molecule has 3 nitrogen and oxygen atoms in total. The molecule has 1 N–H and O–H groups in total. The molecule has 0 aromatic heterocycles. The molecule has 1 amide bonds. The first kappa shape index (κ1) is 12.8. The van der Waals surface area contributed by atoms with Crippen molar-refractivity contribution >= 4 is 18.5 Å². The van der Waals surface area contributed by atoms with Gasteiger partial charge in [0.05, 0.1) is 5.60 Å². The van der Waals surface area contributed by atoms with E-state index in [-0.39, 0.29) is 5.91 Å². The molecule has 0 aromatic carbocycles. The number of hydrogen-bond acceptors (Lipinski definition) is 3. The Kier molecular flexibility index (Phi) is 5.40. The summed E-state index contributed by atoms with van der Waals surface area (Å²) in [5.74, 6) is 0.612. The molecule has 0 saturated heterocycles. The van der Waals surface area contributed by atoms with Crippen LogP contribution in [0, 0.1) is 0 Å². The second-order valence-corrected chi connectivity index (χ2v) is 4.14. The highest BCUT2D eigenvalue weighted by molar-refractivity contribution is 7.80. The van der Waals surface area contributed by atoms with Crippen LogP contribution in [0.2, 0.25) is 0 Å². The van der Waals surface area contributed by atoms with Crippen molar-refractivity contribution in [3.63, 3.8) is 0 Å². The van der Waals surface area contributed by atoms with Crippen LogP contribution < -0.4 is 0 Å². The molecule has 0 rings (SSSR count). The lowest BCUT2D eigenvalue weighted by Crippen LogP contribution is -2.42. The highest BCUT2D eigenvalue weighted by Crippen LogP contribution is 2.06. The molecular formula is C9H19NO2S. The van der Waals surface area contributed by atoms with Crippen LogP contribution in [-0.4, -0.2) is 40.4 Å². The molecule has 13 heavy (non-hydrogen) atoms. The minimum atomic E-state index is -0.817. The fourth-order valence-electron chi connectivity index (χ4n) is 1.10.